The van der Waals surface area contributed by atoms with Crippen molar-refractivity contribution in [3.05, 3.63) is 71.8 Å². The van der Waals surface area contributed by atoms with Crippen LogP contribution in [0.3, 0.4) is 0 Å². The Hall–Kier alpha value is -1.35. The molecule has 2 N–H and O–H groups in total. The number of hydrogen-bond acceptors (Lipinski definition) is 2. The van der Waals surface area contributed by atoms with Crippen LogP contribution in [0.1, 0.15) is 42.7 Å². The Bertz CT molecular complexity index is 558. The molecule has 2 rings (SSSR count). The summed E-state index contributed by atoms with van der Waals surface area (Å²) >= 11 is 6.46. The molecule has 0 aromatic heterocycles. The van der Waals surface area contributed by atoms with Crippen LogP contribution >= 0.6 is 11.6 Å². The summed E-state index contributed by atoms with van der Waals surface area (Å²) in [5.74, 6) is 0. The summed E-state index contributed by atoms with van der Waals surface area (Å²) in [4.78, 5) is 0. The first-order chi connectivity index (χ1) is 10.6. The van der Waals surface area contributed by atoms with E-state index in [1.807, 2.05) is 60.7 Å². The second-order valence-electron chi connectivity index (χ2n) is 5.65. The fraction of sp³-hybridized carbons (Fsp3) is 0.368. The topological polar surface area (TPSA) is 40.5 Å². The van der Waals surface area contributed by atoms with E-state index in [0.29, 0.717) is 12.0 Å². The normalized spacial score (nSPS) is 16.7. The largest absolute Gasteiger partial charge is 0.388 e. The smallest absolute Gasteiger partial charge is 0.117 e. The number of alkyl halides is 1. The van der Waals surface area contributed by atoms with Crippen LogP contribution in [0, 0.1) is 0 Å². The van der Waals surface area contributed by atoms with Gasteiger partial charge >= 0.3 is 0 Å². The van der Waals surface area contributed by atoms with Crippen molar-refractivity contribution in [2.45, 2.75) is 43.3 Å². The van der Waals surface area contributed by atoms with Gasteiger partial charge in [-0.25, -0.2) is 0 Å². The average Bonchev–Trinajstić information content (AvgIpc) is 2.60. The fourth-order valence-electron chi connectivity index (χ4n) is 2.70. The number of benzene rings is 2. The number of unbranched alkanes of at least 4 members (excludes halogenated alkanes) is 1. The van der Waals surface area contributed by atoms with Gasteiger partial charge in [-0.15, -0.1) is 11.6 Å². The first-order valence-electron chi connectivity index (χ1n) is 7.74. The van der Waals surface area contributed by atoms with Crippen LogP contribution in [0.2, 0.25) is 0 Å². The highest BCUT2D eigenvalue weighted by Gasteiger charge is 2.41. The maximum atomic E-state index is 11.2. The molecule has 0 heterocycles. The predicted molar refractivity (Wildman–Crippen MR) is 90.9 cm³/mol. The summed E-state index contributed by atoms with van der Waals surface area (Å²) in [5, 5.41) is 21.3. The Balaban J connectivity index is 2.32. The fourth-order valence-corrected chi connectivity index (χ4v) is 3.05. The molecule has 0 aliphatic heterocycles. The van der Waals surface area contributed by atoms with Crippen molar-refractivity contribution in [1.82, 2.24) is 0 Å². The molecule has 2 nitrogen and oxygen atoms in total. The quantitative estimate of drug-likeness (QED) is 0.743. The molecule has 0 aliphatic rings. The number of rotatable bonds is 7. The van der Waals surface area contributed by atoms with Crippen LogP contribution in [0.25, 0.3) is 0 Å². The van der Waals surface area contributed by atoms with Crippen molar-refractivity contribution < 1.29 is 10.2 Å². The summed E-state index contributed by atoms with van der Waals surface area (Å²) in [6, 6.07) is 18.7. The Morgan fingerprint density at radius 2 is 1.55 bits per heavy atom. The number of aliphatic hydroxyl groups excluding tert-OH is 1. The summed E-state index contributed by atoms with van der Waals surface area (Å²) in [5.41, 5.74) is 0.166. The molecule has 0 fully saturated rings. The first-order valence-corrected chi connectivity index (χ1v) is 8.18. The third-order valence-corrected chi connectivity index (χ3v) is 4.56. The van der Waals surface area contributed by atoms with Gasteiger partial charge in [0.05, 0.1) is 5.38 Å². The van der Waals surface area contributed by atoms with E-state index < -0.39 is 17.1 Å². The molecular weight excluding hydrogens is 296 g/mol. The maximum absolute atomic E-state index is 11.2. The predicted octanol–water partition coefficient (Wildman–Crippen LogP) is 4.41. The lowest BCUT2D eigenvalue weighted by Gasteiger charge is -2.36. The van der Waals surface area contributed by atoms with Gasteiger partial charge in [-0.2, -0.15) is 0 Å². The van der Waals surface area contributed by atoms with Crippen molar-refractivity contribution in [2.75, 3.05) is 0 Å². The highest BCUT2D eigenvalue weighted by molar-refractivity contribution is 6.21. The molecule has 3 heteroatoms. The maximum Gasteiger partial charge on any atom is 0.117 e. The zero-order valence-corrected chi connectivity index (χ0v) is 13.6. The van der Waals surface area contributed by atoms with Crippen LogP contribution in [-0.2, 0) is 5.60 Å². The van der Waals surface area contributed by atoms with E-state index in [1.165, 1.54) is 0 Å². The average molecular weight is 319 g/mol. The lowest BCUT2D eigenvalue weighted by Crippen LogP contribution is -2.42. The van der Waals surface area contributed by atoms with Gasteiger partial charge in [0.25, 0.3) is 0 Å². The van der Waals surface area contributed by atoms with E-state index in [1.54, 1.807) is 0 Å². The molecule has 0 spiro atoms. The molecule has 2 aromatic carbocycles. The minimum atomic E-state index is -1.35. The van der Waals surface area contributed by atoms with Crippen molar-refractivity contribution in [2.24, 2.45) is 0 Å². The number of halogens is 1. The molecule has 3 atom stereocenters. The van der Waals surface area contributed by atoms with Gasteiger partial charge in [0, 0.05) is 0 Å². The van der Waals surface area contributed by atoms with E-state index >= 15 is 0 Å². The number of hydrogen-bond donors (Lipinski definition) is 2. The van der Waals surface area contributed by atoms with Gasteiger partial charge in [0.1, 0.15) is 11.7 Å². The zero-order valence-electron chi connectivity index (χ0n) is 12.8. The Morgan fingerprint density at radius 3 is 2.09 bits per heavy atom. The molecule has 0 unspecified atom stereocenters. The summed E-state index contributed by atoms with van der Waals surface area (Å²) in [6.07, 6.45) is 1.16. The van der Waals surface area contributed by atoms with Crippen LogP contribution in [0.15, 0.2) is 60.7 Å². The molecule has 2 aromatic rings. The second-order valence-corrected chi connectivity index (χ2v) is 6.12. The zero-order chi connectivity index (χ0) is 16.0. The monoisotopic (exact) mass is 318 g/mol. The molecular formula is C19H23ClO2. The summed E-state index contributed by atoms with van der Waals surface area (Å²) in [6.45, 7) is 2.06. The van der Waals surface area contributed by atoms with E-state index in [2.05, 4.69) is 6.92 Å². The van der Waals surface area contributed by atoms with Gasteiger partial charge < -0.3 is 10.2 Å². The van der Waals surface area contributed by atoms with Crippen molar-refractivity contribution in [3.8, 4) is 0 Å². The first kappa shape index (κ1) is 17.0. The third kappa shape index (κ3) is 3.70. The number of aliphatic hydroxyl groups is 2. The molecule has 0 saturated heterocycles. The van der Waals surface area contributed by atoms with Gasteiger partial charge in [-0.3, -0.25) is 0 Å². The second kappa shape index (κ2) is 7.77. The molecule has 118 valence electrons. The summed E-state index contributed by atoms with van der Waals surface area (Å²) in [7, 11) is 0. The highest BCUT2D eigenvalue weighted by atomic mass is 35.5. The van der Waals surface area contributed by atoms with Crippen molar-refractivity contribution in [3.63, 3.8) is 0 Å². The lowest BCUT2D eigenvalue weighted by atomic mass is 9.81. The van der Waals surface area contributed by atoms with Crippen LogP contribution < -0.4 is 0 Å². The van der Waals surface area contributed by atoms with E-state index in [9.17, 15) is 10.2 Å². The van der Waals surface area contributed by atoms with Gasteiger partial charge in [0.15, 0.2) is 0 Å². The standard InChI is InChI=1S/C19H23ClO2/c1-2-3-14-19(22,16-12-8-5-9-13-16)18(21)17(20)15-10-6-4-7-11-15/h4-13,17-18,21-22H,2-3,14H2,1H3/t17-,18-,19+/m1/s1. The molecule has 0 aliphatic carbocycles. The lowest BCUT2D eigenvalue weighted by molar-refractivity contribution is -0.0891. The molecule has 22 heavy (non-hydrogen) atoms. The minimum Gasteiger partial charge on any atom is -0.388 e. The molecule has 0 amide bonds. The van der Waals surface area contributed by atoms with E-state index in [0.717, 1.165) is 18.4 Å². The third-order valence-electron chi connectivity index (χ3n) is 4.07. The highest BCUT2D eigenvalue weighted by Crippen LogP contribution is 2.39. The Kier molecular flexibility index (Phi) is 6.01. The molecule has 0 radical (unpaired) electrons. The van der Waals surface area contributed by atoms with Crippen LogP contribution in [-0.4, -0.2) is 16.3 Å². The SMILES string of the molecule is CCCC[C@](O)(c1ccccc1)[C@H](O)[C@H](Cl)c1ccccc1. The molecule has 0 bridgehead atoms. The van der Waals surface area contributed by atoms with Crippen molar-refractivity contribution in [1.29, 1.82) is 0 Å². The van der Waals surface area contributed by atoms with Crippen molar-refractivity contribution >= 4 is 11.6 Å². The van der Waals surface area contributed by atoms with Gasteiger partial charge in [-0.1, -0.05) is 80.4 Å². The Labute approximate surface area is 137 Å². The minimum absolute atomic E-state index is 0.477. The molecule has 0 saturated carbocycles. The van der Waals surface area contributed by atoms with Gasteiger partial charge in [-0.05, 0) is 17.5 Å². The van der Waals surface area contributed by atoms with Crippen LogP contribution in [0.5, 0.6) is 0 Å². The van der Waals surface area contributed by atoms with E-state index in [4.69, 9.17) is 11.6 Å². The van der Waals surface area contributed by atoms with Gasteiger partial charge in [0.2, 0.25) is 0 Å². The van der Waals surface area contributed by atoms with E-state index in [-0.39, 0.29) is 0 Å². The summed E-state index contributed by atoms with van der Waals surface area (Å²) < 4.78 is 0. The Morgan fingerprint density at radius 1 is 1.00 bits per heavy atom. The van der Waals surface area contributed by atoms with Crippen LogP contribution in [0.4, 0.5) is 0 Å².